The number of benzene rings is 1. The summed E-state index contributed by atoms with van der Waals surface area (Å²) in [4.78, 5) is 18.8. The molecule has 0 bridgehead atoms. The molecule has 6 heteroatoms. The van der Waals surface area contributed by atoms with Crippen molar-refractivity contribution in [2.45, 2.75) is 25.9 Å². The Bertz CT molecular complexity index is 767. The van der Waals surface area contributed by atoms with Gasteiger partial charge in [-0.3, -0.25) is 9.78 Å². The molecule has 2 aliphatic rings. The van der Waals surface area contributed by atoms with Gasteiger partial charge in [0.25, 0.3) is 5.91 Å². The van der Waals surface area contributed by atoms with Gasteiger partial charge in [-0.25, -0.2) is 0 Å². The molecule has 0 N–H and O–H groups in total. The third kappa shape index (κ3) is 3.38. The fourth-order valence-corrected chi connectivity index (χ4v) is 3.11. The number of nitrogens with zero attached hydrogens (tertiary/aromatic N) is 2. The molecule has 1 fully saturated rings. The van der Waals surface area contributed by atoms with Gasteiger partial charge in [-0.05, 0) is 37.3 Å². The molecule has 1 aromatic carbocycles. The fourth-order valence-electron chi connectivity index (χ4n) is 3.11. The highest BCUT2D eigenvalue weighted by Crippen LogP contribution is 2.33. The number of carbonyl (C=O) groups is 1. The highest BCUT2D eigenvalue weighted by atomic mass is 16.7. The molecule has 0 unspecified atom stereocenters. The first-order valence-electron chi connectivity index (χ1n) is 8.47. The summed E-state index contributed by atoms with van der Waals surface area (Å²) in [5.41, 5.74) is 1.60. The zero-order valence-electron chi connectivity index (χ0n) is 14.1. The van der Waals surface area contributed by atoms with Crippen molar-refractivity contribution in [1.29, 1.82) is 0 Å². The van der Waals surface area contributed by atoms with E-state index in [0.29, 0.717) is 30.2 Å². The average Bonchev–Trinajstić information content (AvgIpc) is 3.11. The summed E-state index contributed by atoms with van der Waals surface area (Å²) >= 11 is 0. The zero-order valence-corrected chi connectivity index (χ0v) is 14.1. The van der Waals surface area contributed by atoms with Gasteiger partial charge in [0.05, 0.1) is 6.20 Å². The van der Waals surface area contributed by atoms with Gasteiger partial charge in [0.15, 0.2) is 11.5 Å². The summed E-state index contributed by atoms with van der Waals surface area (Å²) in [6.45, 7) is 3.52. The van der Waals surface area contributed by atoms with E-state index in [1.807, 2.05) is 24.0 Å². The molecule has 1 aromatic heterocycles. The SMILES string of the molecule is Cc1ccc(OC2CCN(C(=O)c3ccc4c(c3)OCO4)CC2)cn1. The van der Waals surface area contributed by atoms with Crippen LogP contribution in [0, 0.1) is 6.92 Å². The molecule has 0 saturated carbocycles. The van der Waals surface area contributed by atoms with Crippen molar-refractivity contribution in [1.82, 2.24) is 9.88 Å². The van der Waals surface area contributed by atoms with Crippen LogP contribution in [0.5, 0.6) is 17.2 Å². The largest absolute Gasteiger partial charge is 0.489 e. The molecule has 3 heterocycles. The van der Waals surface area contributed by atoms with Gasteiger partial charge in [0.2, 0.25) is 6.79 Å². The molecule has 1 amide bonds. The second-order valence-electron chi connectivity index (χ2n) is 6.31. The number of carbonyl (C=O) groups excluding carboxylic acids is 1. The van der Waals surface area contributed by atoms with Crippen LogP contribution in [-0.2, 0) is 0 Å². The van der Waals surface area contributed by atoms with Gasteiger partial charge < -0.3 is 19.1 Å². The third-order valence-corrected chi connectivity index (χ3v) is 4.54. The Kier molecular flexibility index (Phi) is 4.17. The minimum Gasteiger partial charge on any atom is -0.489 e. The average molecular weight is 340 g/mol. The van der Waals surface area contributed by atoms with E-state index in [1.54, 1.807) is 24.4 Å². The number of hydrogen-bond acceptors (Lipinski definition) is 5. The monoisotopic (exact) mass is 340 g/mol. The number of aryl methyl sites for hydroxylation is 1. The van der Waals surface area contributed by atoms with Crippen molar-refractivity contribution >= 4 is 5.91 Å². The predicted octanol–water partition coefficient (Wildman–Crippen LogP) is 2.80. The van der Waals surface area contributed by atoms with Crippen LogP contribution in [-0.4, -0.2) is 41.8 Å². The molecule has 2 aliphatic heterocycles. The number of pyridine rings is 1. The summed E-state index contributed by atoms with van der Waals surface area (Å²) < 4.78 is 16.6. The lowest BCUT2D eigenvalue weighted by Gasteiger charge is -2.32. The van der Waals surface area contributed by atoms with Crippen LogP contribution in [0.25, 0.3) is 0 Å². The first-order valence-corrected chi connectivity index (χ1v) is 8.47. The van der Waals surface area contributed by atoms with Crippen LogP contribution >= 0.6 is 0 Å². The number of aromatic nitrogens is 1. The highest BCUT2D eigenvalue weighted by molar-refractivity contribution is 5.95. The molecule has 0 aliphatic carbocycles. The molecule has 0 radical (unpaired) electrons. The Morgan fingerprint density at radius 2 is 1.96 bits per heavy atom. The summed E-state index contributed by atoms with van der Waals surface area (Å²) in [6, 6.07) is 9.21. The third-order valence-electron chi connectivity index (χ3n) is 4.54. The van der Waals surface area contributed by atoms with Crippen LogP contribution < -0.4 is 14.2 Å². The van der Waals surface area contributed by atoms with Crippen LogP contribution in [0.15, 0.2) is 36.5 Å². The second kappa shape index (κ2) is 6.63. The van der Waals surface area contributed by atoms with Crippen molar-refractivity contribution in [3.8, 4) is 17.2 Å². The Hall–Kier alpha value is -2.76. The summed E-state index contributed by atoms with van der Waals surface area (Å²) in [6.07, 6.45) is 3.48. The van der Waals surface area contributed by atoms with Gasteiger partial charge in [-0.15, -0.1) is 0 Å². The van der Waals surface area contributed by atoms with Crippen LogP contribution in [0.3, 0.4) is 0 Å². The Morgan fingerprint density at radius 1 is 1.16 bits per heavy atom. The standard InChI is InChI=1S/C19H20N2O4/c1-13-2-4-16(11-20-13)25-15-6-8-21(9-7-15)19(22)14-3-5-17-18(10-14)24-12-23-17/h2-5,10-11,15H,6-9,12H2,1H3. The Balaban J connectivity index is 1.35. The highest BCUT2D eigenvalue weighted by Gasteiger charge is 2.26. The molecule has 2 aromatic rings. The topological polar surface area (TPSA) is 60.9 Å². The van der Waals surface area contributed by atoms with Crippen molar-refractivity contribution in [2.24, 2.45) is 0 Å². The number of ether oxygens (including phenoxy) is 3. The van der Waals surface area contributed by atoms with E-state index in [9.17, 15) is 4.79 Å². The van der Waals surface area contributed by atoms with Crippen LogP contribution in [0.1, 0.15) is 28.9 Å². The predicted molar refractivity (Wildman–Crippen MR) is 91.1 cm³/mol. The fraction of sp³-hybridized carbons (Fsp3) is 0.368. The van der Waals surface area contributed by atoms with E-state index in [2.05, 4.69) is 4.98 Å². The number of hydrogen-bond donors (Lipinski definition) is 0. The lowest BCUT2D eigenvalue weighted by Crippen LogP contribution is -2.41. The van der Waals surface area contributed by atoms with E-state index < -0.39 is 0 Å². The summed E-state index contributed by atoms with van der Waals surface area (Å²) in [5.74, 6) is 2.13. The molecule has 130 valence electrons. The quantitative estimate of drug-likeness (QED) is 0.860. The summed E-state index contributed by atoms with van der Waals surface area (Å²) in [5, 5.41) is 0. The van der Waals surface area contributed by atoms with Gasteiger partial charge in [-0.2, -0.15) is 0 Å². The molecular formula is C19H20N2O4. The van der Waals surface area contributed by atoms with Crippen molar-refractivity contribution in [3.05, 3.63) is 47.8 Å². The first kappa shape index (κ1) is 15.7. The lowest BCUT2D eigenvalue weighted by molar-refractivity contribution is 0.0594. The van der Waals surface area contributed by atoms with Gasteiger partial charge in [-0.1, -0.05) is 0 Å². The van der Waals surface area contributed by atoms with E-state index in [4.69, 9.17) is 14.2 Å². The normalized spacial score (nSPS) is 16.8. The Labute approximate surface area is 146 Å². The van der Waals surface area contributed by atoms with Crippen molar-refractivity contribution < 1.29 is 19.0 Å². The second-order valence-corrected chi connectivity index (χ2v) is 6.31. The van der Waals surface area contributed by atoms with E-state index in [-0.39, 0.29) is 18.8 Å². The molecule has 0 atom stereocenters. The number of rotatable bonds is 3. The zero-order chi connectivity index (χ0) is 17.2. The molecular weight excluding hydrogens is 320 g/mol. The minimum absolute atomic E-state index is 0.0220. The van der Waals surface area contributed by atoms with Gasteiger partial charge in [0.1, 0.15) is 11.9 Å². The maximum absolute atomic E-state index is 12.7. The lowest BCUT2D eigenvalue weighted by atomic mass is 10.1. The van der Waals surface area contributed by atoms with Crippen LogP contribution in [0.4, 0.5) is 0 Å². The maximum atomic E-state index is 12.7. The van der Waals surface area contributed by atoms with E-state index in [1.165, 1.54) is 0 Å². The molecule has 25 heavy (non-hydrogen) atoms. The van der Waals surface area contributed by atoms with Gasteiger partial charge >= 0.3 is 0 Å². The smallest absolute Gasteiger partial charge is 0.253 e. The van der Waals surface area contributed by atoms with Gasteiger partial charge in [0, 0.05) is 37.2 Å². The Morgan fingerprint density at radius 3 is 2.72 bits per heavy atom. The maximum Gasteiger partial charge on any atom is 0.253 e. The van der Waals surface area contributed by atoms with Crippen LogP contribution in [0.2, 0.25) is 0 Å². The van der Waals surface area contributed by atoms with E-state index >= 15 is 0 Å². The van der Waals surface area contributed by atoms with E-state index in [0.717, 1.165) is 24.3 Å². The number of likely N-dealkylation sites (tertiary alicyclic amines) is 1. The molecule has 4 rings (SSSR count). The van der Waals surface area contributed by atoms with Crippen molar-refractivity contribution in [3.63, 3.8) is 0 Å². The molecule has 6 nitrogen and oxygen atoms in total. The minimum atomic E-state index is 0.0220. The molecule has 1 saturated heterocycles. The number of fused-ring (bicyclic) bond motifs is 1. The number of piperidine rings is 1. The van der Waals surface area contributed by atoms with Crippen molar-refractivity contribution in [2.75, 3.05) is 19.9 Å². The summed E-state index contributed by atoms with van der Waals surface area (Å²) in [7, 11) is 0. The first-order chi connectivity index (χ1) is 12.2. The number of amides is 1. The molecule has 0 spiro atoms.